The number of benzene rings is 2. The molecule has 1 aliphatic heterocycles. The molecule has 0 aliphatic carbocycles. The van der Waals surface area contributed by atoms with Crippen molar-refractivity contribution in [2.75, 3.05) is 25.0 Å². The van der Waals surface area contributed by atoms with Gasteiger partial charge in [-0.3, -0.25) is 9.69 Å². The Morgan fingerprint density at radius 2 is 2.04 bits per heavy atom. The fourth-order valence-electron chi connectivity index (χ4n) is 3.12. The average molecular weight is 347 g/mol. The molecule has 0 bridgehead atoms. The van der Waals surface area contributed by atoms with E-state index in [1.54, 1.807) is 24.1 Å². The van der Waals surface area contributed by atoms with Crippen molar-refractivity contribution in [1.82, 2.24) is 4.90 Å². The van der Waals surface area contributed by atoms with Gasteiger partial charge < -0.3 is 4.90 Å². The summed E-state index contributed by atoms with van der Waals surface area (Å²) >= 11 is 6.06. The van der Waals surface area contributed by atoms with Crippen molar-refractivity contribution < 1.29 is 9.18 Å². The van der Waals surface area contributed by atoms with Gasteiger partial charge in [-0.15, -0.1) is 0 Å². The SMILES string of the molecule is CN(CC(=O)N1CCCc2ccccc21)Cc1c(F)cccc1Cl. The Balaban J connectivity index is 1.69. The van der Waals surface area contributed by atoms with E-state index in [0.29, 0.717) is 17.1 Å². The van der Waals surface area contributed by atoms with Crippen molar-refractivity contribution in [3.8, 4) is 0 Å². The number of nitrogens with zero attached hydrogens (tertiary/aromatic N) is 2. The first-order chi connectivity index (χ1) is 11.6. The van der Waals surface area contributed by atoms with Crippen LogP contribution in [-0.4, -0.2) is 30.9 Å². The highest BCUT2D eigenvalue weighted by atomic mass is 35.5. The van der Waals surface area contributed by atoms with E-state index >= 15 is 0 Å². The number of rotatable bonds is 4. The van der Waals surface area contributed by atoms with E-state index in [0.717, 1.165) is 25.1 Å². The molecule has 24 heavy (non-hydrogen) atoms. The summed E-state index contributed by atoms with van der Waals surface area (Å²) in [5.74, 6) is -0.317. The van der Waals surface area contributed by atoms with Gasteiger partial charge in [0.05, 0.1) is 6.54 Å². The number of likely N-dealkylation sites (N-methyl/N-ethyl adjacent to an activating group) is 1. The van der Waals surface area contributed by atoms with E-state index in [1.165, 1.54) is 11.6 Å². The molecule has 0 fully saturated rings. The standard InChI is InChI=1S/C19H20ClFN2O/c1-22(12-15-16(20)8-4-9-17(15)21)13-19(24)23-11-5-7-14-6-2-3-10-18(14)23/h2-4,6,8-10H,5,7,11-13H2,1H3. The molecule has 2 aromatic carbocycles. The van der Waals surface area contributed by atoms with Crippen LogP contribution < -0.4 is 4.90 Å². The minimum absolute atomic E-state index is 0.0251. The number of aryl methyl sites for hydroxylation is 1. The molecule has 2 aromatic rings. The normalized spacial score (nSPS) is 13.9. The molecular formula is C19H20ClFN2O. The first kappa shape index (κ1) is 16.9. The number of anilines is 1. The Bertz CT molecular complexity index is 730. The Hall–Kier alpha value is -1.91. The molecule has 1 heterocycles. The maximum absolute atomic E-state index is 13.9. The maximum atomic E-state index is 13.9. The zero-order valence-electron chi connectivity index (χ0n) is 13.6. The van der Waals surface area contributed by atoms with E-state index in [2.05, 4.69) is 6.07 Å². The second-order valence-corrected chi connectivity index (χ2v) is 6.56. The molecule has 0 spiro atoms. The highest BCUT2D eigenvalue weighted by molar-refractivity contribution is 6.31. The van der Waals surface area contributed by atoms with Crippen LogP contribution in [0.15, 0.2) is 42.5 Å². The number of carbonyl (C=O) groups is 1. The van der Waals surface area contributed by atoms with Gasteiger partial charge in [-0.05, 0) is 43.7 Å². The van der Waals surface area contributed by atoms with Crippen LogP contribution in [-0.2, 0) is 17.8 Å². The molecule has 0 saturated heterocycles. The topological polar surface area (TPSA) is 23.6 Å². The largest absolute Gasteiger partial charge is 0.311 e. The predicted molar refractivity (Wildman–Crippen MR) is 94.9 cm³/mol. The summed E-state index contributed by atoms with van der Waals surface area (Å²) < 4.78 is 13.9. The lowest BCUT2D eigenvalue weighted by atomic mass is 10.0. The van der Waals surface area contributed by atoms with Gasteiger partial charge in [-0.1, -0.05) is 35.9 Å². The number of amides is 1. The van der Waals surface area contributed by atoms with E-state index in [4.69, 9.17) is 11.6 Å². The van der Waals surface area contributed by atoms with Crippen LogP contribution in [0, 0.1) is 5.82 Å². The predicted octanol–water partition coefficient (Wildman–Crippen LogP) is 3.89. The Morgan fingerprint density at radius 3 is 2.83 bits per heavy atom. The molecule has 0 radical (unpaired) electrons. The molecule has 126 valence electrons. The lowest BCUT2D eigenvalue weighted by molar-refractivity contribution is -0.119. The minimum Gasteiger partial charge on any atom is -0.311 e. The molecule has 3 rings (SSSR count). The summed E-state index contributed by atoms with van der Waals surface area (Å²) in [4.78, 5) is 16.3. The van der Waals surface area contributed by atoms with E-state index in [9.17, 15) is 9.18 Å². The second kappa shape index (κ2) is 7.32. The molecule has 0 aromatic heterocycles. The average Bonchev–Trinajstić information content (AvgIpc) is 2.57. The number of carbonyl (C=O) groups excluding carboxylic acids is 1. The number of hydrogen-bond acceptors (Lipinski definition) is 2. The number of halogens is 2. The quantitative estimate of drug-likeness (QED) is 0.838. The molecule has 1 amide bonds. The van der Waals surface area contributed by atoms with Gasteiger partial charge in [-0.2, -0.15) is 0 Å². The molecule has 0 unspecified atom stereocenters. The number of fused-ring (bicyclic) bond motifs is 1. The highest BCUT2D eigenvalue weighted by Gasteiger charge is 2.23. The molecular weight excluding hydrogens is 327 g/mol. The van der Waals surface area contributed by atoms with Crippen LogP contribution in [0.5, 0.6) is 0 Å². The third kappa shape index (κ3) is 3.60. The fraction of sp³-hybridized carbons (Fsp3) is 0.316. The lowest BCUT2D eigenvalue weighted by Gasteiger charge is -2.31. The molecule has 1 aliphatic rings. The van der Waals surface area contributed by atoms with Crippen LogP contribution in [0.3, 0.4) is 0 Å². The summed E-state index contributed by atoms with van der Waals surface area (Å²) in [7, 11) is 1.80. The zero-order valence-corrected chi connectivity index (χ0v) is 14.4. The Morgan fingerprint density at radius 1 is 1.25 bits per heavy atom. The summed E-state index contributed by atoms with van der Waals surface area (Å²) in [6, 6.07) is 12.6. The van der Waals surface area contributed by atoms with E-state index in [1.807, 2.05) is 23.1 Å². The van der Waals surface area contributed by atoms with Crippen molar-refractivity contribution in [3.63, 3.8) is 0 Å². The van der Waals surface area contributed by atoms with E-state index < -0.39 is 0 Å². The Kier molecular flexibility index (Phi) is 5.17. The summed E-state index contributed by atoms with van der Waals surface area (Å²) in [5, 5.41) is 0.387. The molecule has 3 nitrogen and oxygen atoms in total. The third-order valence-electron chi connectivity index (χ3n) is 4.31. The summed E-state index contributed by atoms with van der Waals surface area (Å²) in [6.07, 6.45) is 1.96. The van der Waals surface area contributed by atoms with Crippen molar-refractivity contribution >= 4 is 23.2 Å². The molecule has 5 heteroatoms. The summed E-state index contributed by atoms with van der Waals surface area (Å²) in [6.45, 7) is 1.25. The molecule has 0 N–H and O–H groups in total. The van der Waals surface area contributed by atoms with Crippen molar-refractivity contribution in [1.29, 1.82) is 0 Å². The van der Waals surface area contributed by atoms with E-state index in [-0.39, 0.29) is 18.3 Å². The number of hydrogen-bond donors (Lipinski definition) is 0. The van der Waals surface area contributed by atoms with Gasteiger partial charge in [0.15, 0.2) is 0 Å². The minimum atomic E-state index is -0.342. The fourth-order valence-corrected chi connectivity index (χ4v) is 3.34. The van der Waals surface area contributed by atoms with Crippen molar-refractivity contribution in [2.24, 2.45) is 0 Å². The second-order valence-electron chi connectivity index (χ2n) is 6.15. The summed E-state index contributed by atoms with van der Waals surface area (Å²) in [5.41, 5.74) is 2.62. The van der Waals surface area contributed by atoms with Gasteiger partial charge in [0, 0.05) is 29.4 Å². The van der Waals surface area contributed by atoms with Gasteiger partial charge in [0.1, 0.15) is 5.82 Å². The van der Waals surface area contributed by atoms with Crippen molar-refractivity contribution in [2.45, 2.75) is 19.4 Å². The highest BCUT2D eigenvalue weighted by Crippen LogP contribution is 2.27. The van der Waals surface area contributed by atoms with Gasteiger partial charge in [0.2, 0.25) is 5.91 Å². The zero-order chi connectivity index (χ0) is 17.1. The number of para-hydroxylation sites is 1. The Labute approximate surface area is 146 Å². The van der Waals surface area contributed by atoms with Gasteiger partial charge in [0.25, 0.3) is 0 Å². The monoisotopic (exact) mass is 346 g/mol. The van der Waals surface area contributed by atoms with Crippen LogP contribution >= 0.6 is 11.6 Å². The smallest absolute Gasteiger partial charge is 0.241 e. The third-order valence-corrected chi connectivity index (χ3v) is 4.66. The lowest BCUT2D eigenvalue weighted by Crippen LogP contribution is -2.41. The van der Waals surface area contributed by atoms with Gasteiger partial charge in [-0.25, -0.2) is 4.39 Å². The van der Waals surface area contributed by atoms with Crippen LogP contribution in [0.25, 0.3) is 0 Å². The van der Waals surface area contributed by atoms with Crippen LogP contribution in [0.2, 0.25) is 5.02 Å². The first-order valence-corrected chi connectivity index (χ1v) is 8.44. The maximum Gasteiger partial charge on any atom is 0.241 e. The first-order valence-electron chi connectivity index (χ1n) is 8.06. The molecule has 0 saturated carbocycles. The van der Waals surface area contributed by atoms with Crippen LogP contribution in [0.4, 0.5) is 10.1 Å². The van der Waals surface area contributed by atoms with Crippen LogP contribution in [0.1, 0.15) is 17.5 Å². The molecule has 0 atom stereocenters. The van der Waals surface area contributed by atoms with Gasteiger partial charge >= 0.3 is 0 Å². The van der Waals surface area contributed by atoms with Crippen molar-refractivity contribution in [3.05, 3.63) is 64.4 Å².